The van der Waals surface area contributed by atoms with Crippen molar-refractivity contribution < 1.29 is 4.79 Å². The van der Waals surface area contributed by atoms with E-state index in [2.05, 4.69) is 39.9 Å². The van der Waals surface area contributed by atoms with Crippen LogP contribution in [0.1, 0.15) is 37.6 Å². The first-order valence-electron chi connectivity index (χ1n) is 8.54. The second-order valence-electron chi connectivity index (χ2n) is 6.69. The van der Waals surface area contributed by atoms with Gasteiger partial charge in [-0.25, -0.2) is 4.98 Å². The first-order valence-corrected chi connectivity index (χ1v) is 8.54. The average Bonchev–Trinajstić information content (AvgIpc) is 2.98. The Hall–Kier alpha value is -1.88. The summed E-state index contributed by atoms with van der Waals surface area (Å²) in [5.41, 5.74) is 2.97. The van der Waals surface area contributed by atoms with Gasteiger partial charge in [0.25, 0.3) is 0 Å². The first-order chi connectivity index (χ1) is 11.1. The van der Waals surface area contributed by atoms with Gasteiger partial charge in [0.1, 0.15) is 5.65 Å². The molecule has 0 radical (unpaired) electrons. The lowest BCUT2D eigenvalue weighted by Crippen LogP contribution is -2.35. The topological polar surface area (TPSA) is 58.4 Å². The summed E-state index contributed by atoms with van der Waals surface area (Å²) >= 11 is 0. The number of nitrogens with one attached hydrogen (secondary N) is 2. The van der Waals surface area contributed by atoms with Gasteiger partial charge in [0, 0.05) is 18.3 Å². The number of hydrogen-bond donors (Lipinski definition) is 2. The molecule has 0 aromatic carbocycles. The monoisotopic (exact) mass is 314 g/mol. The van der Waals surface area contributed by atoms with Crippen molar-refractivity contribution in [2.24, 2.45) is 11.8 Å². The highest BCUT2D eigenvalue weighted by Gasteiger charge is 2.21. The summed E-state index contributed by atoms with van der Waals surface area (Å²) in [5.74, 6) is 1.16. The number of fused-ring (bicyclic) bond motifs is 1. The Bertz CT molecular complexity index is 673. The van der Waals surface area contributed by atoms with E-state index < -0.39 is 0 Å². The number of rotatable bonds is 5. The highest BCUT2D eigenvalue weighted by molar-refractivity contribution is 5.76. The number of nitrogens with zero attached hydrogens (tertiary/aromatic N) is 2. The standard InChI is InChI=1S/C18H26N4O/c1-13(15-6-4-8-19-10-15)9-18(23)20-11-16-12-22-14(2)5-3-7-17(22)21-16/h3,5,7,12-13,15,19H,4,6,8-11H2,1-2H3,(H,20,23). The number of carbonyl (C=O) groups excluding carboxylic acids is 1. The highest BCUT2D eigenvalue weighted by atomic mass is 16.1. The molecule has 1 aliphatic rings. The molecule has 0 bridgehead atoms. The molecule has 3 rings (SSSR count). The molecule has 1 fully saturated rings. The quantitative estimate of drug-likeness (QED) is 0.890. The maximum atomic E-state index is 12.2. The van der Waals surface area contributed by atoms with Crippen LogP contribution in [0.5, 0.6) is 0 Å². The molecule has 1 aliphatic heterocycles. The van der Waals surface area contributed by atoms with Crippen LogP contribution in [-0.2, 0) is 11.3 Å². The van der Waals surface area contributed by atoms with Crippen molar-refractivity contribution in [1.29, 1.82) is 0 Å². The van der Waals surface area contributed by atoms with E-state index in [0.29, 0.717) is 24.8 Å². The third-order valence-corrected chi connectivity index (χ3v) is 4.86. The number of pyridine rings is 1. The van der Waals surface area contributed by atoms with Gasteiger partial charge in [-0.2, -0.15) is 0 Å². The fourth-order valence-corrected chi connectivity index (χ4v) is 3.37. The molecule has 5 nitrogen and oxygen atoms in total. The summed E-state index contributed by atoms with van der Waals surface area (Å²) in [4.78, 5) is 16.7. The first kappa shape index (κ1) is 16.0. The molecule has 0 spiro atoms. The highest BCUT2D eigenvalue weighted by Crippen LogP contribution is 2.22. The Morgan fingerprint density at radius 2 is 2.39 bits per heavy atom. The SMILES string of the molecule is Cc1cccc2nc(CNC(=O)CC(C)C3CCCNC3)cn12. The van der Waals surface area contributed by atoms with Gasteiger partial charge in [-0.3, -0.25) is 4.79 Å². The van der Waals surface area contributed by atoms with Crippen molar-refractivity contribution in [3.05, 3.63) is 35.8 Å². The lowest BCUT2D eigenvalue weighted by atomic mass is 9.85. The normalized spacial score (nSPS) is 19.7. The van der Waals surface area contributed by atoms with Gasteiger partial charge < -0.3 is 15.0 Å². The molecule has 1 saturated heterocycles. The number of carbonyl (C=O) groups is 1. The van der Waals surface area contributed by atoms with Crippen LogP contribution in [-0.4, -0.2) is 28.4 Å². The molecule has 0 saturated carbocycles. The van der Waals surface area contributed by atoms with Crippen LogP contribution in [0.3, 0.4) is 0 Å². The smallest absolute Gasteiger partial charge is 0.220 e. The molecule has 23 heavy (non-hydrogen) atoms. The largest absolute Gasteiger partial charge is 0.350 e. The van der Waals surface area contributed by atoms with Crippen LogP contribution in [0.2, 0.25) is 0 Å². The molecule has 5 heteroatoms. The van der Waals surface area contributed by atoms with Crippen molar-refractivity contribution in [2.45, 2.75) is 39.7 Å². The Balaban J connectivity index is 1.52. The maximum Gasteiger partial charge on any atom is 0.220 e. The minimum absolute atomic E-state index is 0.122. The Labute approximate surface area is 137 Å². The van der Waals surface area contributed by atoms with Gasteiger partial charge in [0.2, 0.25) is 5.91 Å². The Morgan fingerprint density at radius 3 is 3.13 bits per heavy atom. The molecule has 2 aromatic heterocycles. The van der Waals surface area contributed by atoms with Crippen molar-refractivity contribution in [3.63, 3.8) is 0 Å². The van der Waals surface area contributed by atoms with E-state index in [1.165, 1.54) is 12.8 Å². The van der Waals surface area contributed by atoms with Crippen molar-refractivity contribution in [2.75, 3.05) is 13.1 Å². The van der Waals surface area contributed by atoms with E-state index >= 15 is 0 Å². The second kappa shape index (κ2) is 7.13. The maximum absolute atomic E-state index is 12.2. The lowest BCUT2D eigenvalue weighted by Gasteiger charge is -2.27. The number of amides is 1. The van der Waals surface area contributed by atoms with Crippen LogP contribution in [0.4, 0.5) is 0 Å². The van der Waals surface area contributed by atoms with E-state index in [4.69, 9.17) is 0 Å². The third-order valence-electron chi connectivity index (χ3n) is 4.86. The Kier molecular flexibility index (Phi) is 4.96. The molecule has 2 N–H and O–H groups in total. The number of hydrogen-bond acceptors (Lipinski definition) is 3. The number of aryl methyl sites for hydroxylation is 1. The van der Waals surface area contributed by atoms with Crippen molar-refractivity contribution in [3.8, 4) is 0 Å². The van der Waals surface area contributed by atoms with Crippen LogP contribution in [0.25, 0.3) is 5.65 Å². The number of aromatic nitrogens is 2. The van der Waals surface area contributed by atoms with E-state index in [9.17, 15) is 4.79 Å². The molecule has 2 unspecified atom stereocenters. The zero-order valence-corrected chi connectivity index (χ0v) is 14.0. The van der Waals surface area contributed by atoms with Gasteiger partial charge >= 0.3 is 0 Å². The minimum atomic E-state index is 0.122. The summed E-state index contributed by atoms with van der Waals surface area (Å²) in [6, 6.07) is 6.04. The molecule has 124 valence electrons. The van der Waals surface area contributed by atoms with Crippen molar-refractivity contribution in [1.82, 2.24) is 20.0 Å². The average molecular weight is 314 g/mol. The van der Waals surface area contributed by atoms with Gasteiger partial charge in [-0.15, -0.1) is 0 Å². The minimum Gasteiger partial charge on any atom is -0.350 e. The summed E-state index contributed by atoms with van der Waals surface area (Å²) in [6.07, 6.45) is 5.04. The summed E-state index contributed by atoms with van der Waals surface area (Å²) in [7, 11) is 0. The van der Waals surface area contributed by atoms with Crippen molar-refractivity contribution >= 4 is 11.6 Å². The predicted molar refractivity (Wildman–Crippen MR) is 91.2 cm³/mol. The molecular weight excluding hydrogens is 288 g/mol. The zero-order chi connectivity index (χ0) is 16.2. The zero-order valence-electron chi connectivity index (χ0n) is 14.0. The fourth-order valence-electron chi connectivity index (χ4n) is 3.37. The molecule has 2 aromatic rings. The molecule has 3 heterocycles. The Morgan fingerprint density at radius 1 is 1.52 bits per heavy atom. The van der Waals surface area contributed by atoms with E-state index in [1.54, 1.807) is 0 Å². The van der Waals surface area contributed by atoms with Gasteiger partial charge in [-0.05, 0) is 56.8 Å². The third kappa shape index (κ3) is 3.91. The second-order valence-corrected chi connectivity index (χ2v) is 6.69. The van der Waals surface area contributed by atoms with E-state index in [-0.39, 0.29) is 5.91 Å². The molecule has 2 atom stereocenters. The molecular formula is C18H26N4O. The number of imidazole rings is 1. The van der Waals surface area contributed by atoms with Crippen LogP contribution < -0.4 is 10.6 Å². The van der Waals surface area contributed by atoms with Gasteiger partial charge in [-0.1, -0.05) is 13.0 Å². The summed E-state index contributed by atoms with van der Waals surface area (Å²) in [5, 5.41) is 6.44. The van der Waals surface area contributed by atoms with E-state index in [1.807, 2.05) is 18.3 Å². The van der Waals surface area contributed by atoms with E-state index in [0.717, 1.165) is 30.1 Å². The summed E-state index contributed by atoms with van der Waals surface area (Å²) < 4.78 is 2.05. The summed E-state index contributed by atoms with van der Waals surface area (Å²) in [6.45, 7) is 6.89. The number of piperidine rings is 1. The fraction of sp³-hybridized carbons (Fsp3) is 0.556. The van der Waals surface area contributed by atoms with Crippen LogP contribution >= 0.6 is 0 Å². The molecule has 1 amide bonds. The lowest BCUT2D eigenvalue weighted by molar-refractivity contribution is -0.122. The van der Waals surface area contributed by atoms with Crippen LogP contribution in [0, 0.1) is 18.8 Å². The van der Waals surface area contributed by atoms with Crippen LogP contribution in [0.15, 0.2) is 24.4 Å². The predicted octanol–water partition coefficient (Wildman–Crippen LogP) is 2.28. The van der Waals surface area contributed by atoms with Gasteiger partial charge in [0.15, 0.2) is 0 Å². The van der Waals surface area contributed by atoms with Gasteiger partial charge in [0.05, 0.1) is 12.2 Å². The molecule has 0 aliphatic carbocycles.